The zero-order chi connectivity index (χ0) is 17.8. The maximum Gasteiger partial charge on any atom is 0.258 e. The van der Waals surface area contributed by atoms with Crippen LogP contribution in [0, 0.1) is 5.82 Å². The predicted molar refractivity (Wildman–Crippen MR) is 96.0 cm³/mol. The van der Waals surface area contributed by atoms with Gasteiger partial charge in [-0.05, 0) is 36.2 Å². The Morgan fingerprint density at radius 3 is 2.68 bits per heavy atom. The van der Waals surface area contributed by atoms with Gasteiger partial charge in [-0.15, -0.1) is 0 Å². The first-order chi connectivity index (χ1) is 12.0. The topological polar surface area (TPSA) is 65.5 Å². The Morgan fingerprint density at radius 2 is 1.96 bits per heavy atom. The SMILES string of the molecule is O=C(N/N=C/c1c(F)cccc1Cl)C1CC(c2ccc(Cl)cc2)NN1. The number of carbonyl (C=O) groups excluding carboxylic acids is 1. The van der Waals surface area contributed by atoms with Crippen LogP contribution in [0.2, 0.25) is 10.0 Å². The van der Waals surface area contributed by atoms with Crippen molar-refractivity contribution >= 4 is 35.3 Å². The van der Waals surface area contributed by atoms with Gasteiger partial charge in [-0.3, -0.25) is 4.79 Å². The number of rotatable bonds is 4. The molecule has 3 N–H and O–H groups in total. The molecule has 5 nitrogen and oxygen atoms in total. The number of hydrogen-bond acceptors (Lipinski definition) is 4. The lowest BCUT2D eigenvalue weighted by molar-refractivity contribution is -0.122. The summed E-state index contributed by atoms with van der Waals surface area (Å²) in [6, 6.07) is 11.2. The number of nitrogens with zero attached hydrogens (tertiary/aromatic N) is 1. The third-order valence-electron chi connectivity index (χ3n) is 3.86. The van der Waals surface area contributed by atoms with Gasteiger partial charge in [-0.25, -0.2) is 20.7 Å². The summed E-state index contributed by atoms with van der Waals surface area (Å²) >= 11 is 11.8. The molecular weight excluding hydrogens is 366 g/mol. The van der Waals surface area contributed by atoms with E-state index in [1.807, 2.05) is 12.1 Å². The van der Waals surface area contributed by atoms with E-state index in [4.69, 9.17) is 23.2 Å². The summed E-state index contributed by atoms with van der Waals surface area (Å²) in [5.41, 5.74) is 9.52. The molecule has 0 radical (unpaired) electrons. The maximum absolute atomic E-state index is 13.6. The van der Waals surface area contributed by atoms with Crippen molar-refractivity contribution in [1.29, 1.82) is 0 Å². The van der Waals surface area contributed by atoms with Crippen molar-refractivity contribution < 1.29 is 9.18 Å². The van der Waals surface area contributed by atoms with Gasteiger partial charge in [0.1, 0.15) is 11.9 Å². The van der Waals surface area contributed by atoms with Crippen LogP contribution in [0.5, 0.6) is 0 Å². The van der Waals surface area contributed by atoms with E-state index in [0.29, 0.717) is 11.4 Å². The fourth-order valence-corrected chi connectivity index (χ4v) is 2.85. The predicted octanol–water partition coefficient (Wildman–Crippen LogP) is 3.19. The number of amides is 1. The first-order valence-electron chi connectivity index (χ1n) is 7.58. The van der Waals surface area contributed by atoms with Gasteiger partial charge in [0.15, 0.2) is 0 Å². The Morgan fingerprint density at radius 1 is 1.20 bits per heavy atom. The number of carbonyl (C=O) groups is 1. The van der Waals surface area contributed by atoms with Gasteiger partial charge >= 0.3 is 0 Å². The number of hydrogen-bond donors (Lipinski definition) is 3. The smallest absolute Gasteiger partial charge is 0.258 e. The van der Waals surface area contributed by atoms with Gasteiger partial charge in [0.25, 0.3) is 5.91 Å². The zero-order valence-corrected chi connectivity index (χ0v) is 14.5. The van der Waals surface area contributed by atoms with Crippen molar-refractivity contribution in [2.75, 3.05) is 0 Å². The minimum absolute atomic E-state index is 0.0157. The highest BCUT2D eigenvalue weighted by molar-refractivity contribution is 6.33. The molecule has 2 unspecified atom stereocenters. The highest BCUT2D eigenvalue weighted by Gasteiger charge is 2.29. The molecule has 8 heteroatoms. The second-order valence-electron chi connectivity index (χ2n) is 5.55. The van der Waals surface area contributed by atoms with Crippen molar-refractivity contribution in [1.82, 2.24) is 16.3 Å². The third-order valence-corrected chi connectivity index (χ3v) is 4.44. The van der Waals surface area contributed by atoms with Gasteiger partial charge in [-0.1, -0.05) is 41.4 Å². The van der Waals surface area contributed by atoms with Crippen LogP contribution in [-0.2, 0) is 4.79 Å². The van der Waals surface area contributed by atoms with Crippen molar-refractivity contribution in [3.8, 4) is 0 Å². The lowest BCUT2D eigenvalue weighted by Crippen LogP contribution is -2.41. The molecule has 1 aliphatic heterocycles. The fourth-order valence-electron chi connectivity index (χ4n) is 2.51. The van der Waals surface area contributed by atoms with Crippen LogP contribution >= 0.6 is 23.2 Å². The van der Waals surface area contributed by atoms with E-state index in [2.05, 4.69) is 21.4 Å². The molecule has 1 heterocycles. The molecule has 0 bridgehead atoms. The van der Waals surface area contributed by atoms with E-state index in [0.717, 1.165) is 5.56 Å². The average Bonchev–Trinajstić information content (AvgIpc) is 3.08. The Hall–Kier alpha value is -1.99. The van der Waals surface area contributed by atoms with Crippen molar-refractivity contribution in [3.05, 3.63) is 69.5 Å². The number of halogens is 3. The highest BCUT2D eigenvalue weighted by Crippen LogP contribution is 2.23. The standard InChI is InChI=1S/C17H15Cl2FN4O/c18-11-6-4-10(5-7-11)15-8-16(23-22-15)17(25)24-21-9-12-13(19)2-1-3-14(12)20/h1-7,9,15-16,22-23H,8H2,(H,24,25)/b21-9+. The molecule has 0 aliphatic carbocycles. The molecule has 3 rings (SSSR count). The van der Waals surface area contributed by atoms with Crippen molar-refractivity contribution in [2.45, 2.75) is 18.5 Å². The van der Waals surface area contributed by atoms with Gasteiger partial charge in [0, 0.05) is 16.6 Å². The van der Waals surface area contributed by atoms with Gasteiger partial charge in [0.05, 0.1) is 11.2 Å². The highest BCUT2D eigenvalue weighted by atomic mass is 35.5. The minimum Gasteiger partial charge on any atom is -0.271 e. The van der Waals surface area contributed by atoms with E-state index < -0.39 is 11.9 Å². The largest absolute Gasteiger partial charge is 0.271 e. The minimum atomic E-state index is -0.506. The molecular formula is C17H15Cl2FN4O. The number of hydrazone groups is 1. The molecule has 2 atom stereocenters. The van der Waals surface area contributed by atoms with Crippen LogP contribution in [0.15, 0.2) is 47.6 Å². The molecule has 0 saturated carbocycles. The average molecular weight is 381 g/mol. The van der Waals surface area contributed by atoms with Gasteiger partial charge in [0.2, 0.25) is 0 Å². The van der Waals surface area contributed by atoms with E-state index in [9.17, 15) is 9.18 Å². The van der Waals surface area contributed by atoms with E-state index in [-0.39, 0.29) is 22.5 Å². The number of nitrogens with one attached hydrogen (secondary N) is 3. The zero-order valence-electron chi connectivity index (χ0n) is 13.0. The lowest BCUT2D eigenvalue weighted by Gasteiger charge is -2.09. The van der Waals surface area contributed by atoms with E-state index in [1.165, 1.54) is 18.3 Å². The van der Waals surface area contributed by atoms with Crippen LogP contribution in [0.25, 0.3) is 0 Å². The molecule has 1 fully saturated rings. The maximum atomic E-state index is 13.6. The van der Waals surface area contributed by atoms with E-state index in [1.54, 1.807) is 18.2 Å². The molecule has 25 heavy (non-hydrogen) atoms. The summed E-state index contributed by atoms with van der Waals surface area (Å²) in [6.45, 7) is 0. The Balaban J connectivity index is 1.57. The van der Waals surface area contributed by atoms with Crippen molar-refractivity contribution in [2.24, 2.45) is 5.10 Å². The molecule has 1 amide bonds. The normalized spacial score (nSPS) is 20.1. The second kappa shape index (κ2) is 7.93. The van der Waals surface area contributed by atoms with Gasteiger partial charge in [-0.2, -0.15) is 5.10 Å². The molecule has 2 aromatic rings. The van der Waals surface area contributed by atoms with Crippen LogP contribution in [-0.4, -0.2) is 18.2 Å². The van der Waals surface area contributed by atoms with Crippen LogP contribution < -0.4 is 16.3 Å². The monoisotopic (exact) mass is 380 g/mol. The first kappa shape index (κ1) is 17.8. The third kappa shape index (κ3) is 4.35. The number of hydrazine groups is 1. The summed E-state index contributed by atoms with van der Waals surface area (Å²) in [5.74, 6) is -0.832. The Labute approximate surface area is 154 Å². The Kier molecular flexibility index (Phi) is 5.65. The van der Waals surface area contributed by atoms with Crippen molar-refractivity contribution in [3.63, 3.8) is 0 Å². The van der Waals surface area contributed by atoms with E-state index >= 15 is 0 Å². The van der Waals surface area contributed by atoms with Crippen LogP contribution in [0.1, 0.15) is 23.6 Å². The molecule has 0 spiro atoms. The summed E-state index contributed by atoms with van der Waals surface area (Å²) in [6.07, 6.45) is 1.73. The molecule has 2 aromatic carbocycles. The second-order valence-corrected chi connectivity index (χ2v) is 6.39. The molecule has 130 valence electrons. The number of benzene rings is 2. The Bertz CT molecular complexity index is 777. The summed E-state index contributed by atoms with van der Waals surface area (Å²) in [5, 5.41) is 4.66. The first-order valence-corrected chi connectivity index (χ1v) is 8.33. The summed E-state index contributed by atoms with van der Waals surface area (Å²) in [4.78, 5) is 12.2. The van der Waals surface area contributed by atoms with Crippen LogP contribution in [0.3, 0.4) is 0 Å². The molecule has 1 saturated heterocycles. The summed E-state index contributed by atoms with van der Waals surface area (Å²) < 4.78 is 13.6. The van der Waals surface area contributed by atoms with Crippen LogP contribution in [0.4, 0.5) is 4.39 Å². The fraction of sp³-hybridized carbons (Fsp3) is 0.176. The summed E-state index contributed by atoms with van der Waals surface area (Å²) in [7, 11) is 0. The molecule has 0 aromatic heterocycles. The van der Waals surface area contributed by atoms with Gasteiger partial charge < -0.3 is 0 Å². The quantitative estimate of drug-likeness (QED) is 0.563. The lowest BCUT2D eigenvalue weighted by atomic mass is 10.0. The molecule has 1 aliphatic rings.